The Bertz CT molecular complexity index is 326. The molecular formula is C10H12O4. The molecule has 4 nitrogen and oxygen atoms in total. The van der Waals surface area contributed by atoms with Crippen LogP contribution in [0.4, 0.5) is 0 Å². The summed E-state index contributed by atoms with van der Waals surface area (Å²) in [6.07, 6.45) is 0. The molecule has 1 aromatic rings. The lowest BCUT2D eigenvalue weighted by Gasteiger charge is -2.09. The molecule has 0 radical (unpaired) electrons. The van der Waals surface area contributed by atoms with Crippen LogP contribution in [0.5, 0.6) is 11.5 Å². The Labute approximate surface area is 81.8 Å². The average molecular weight is 196 g/mol. The maximum Gasteiger partial charge on any atom is 0.312 e. The molecule has 0 aliphatic heterocycles. The van der Waals surface area contributed by atoms with E-state index in [1.807, 2.05) is 0 Å². The molecule has 0 heterocycles. The second kappa shape index (κ2) is 4.00. The standard InChI is InChI=1S/C10H12O4/c1-6(10(13)14-2)7-3-8(11)5-9(12)4-7/h3-6,11-12H,1-2H3. The van der Waals surface area contributed by atoms with Crippen molar-refractivity contribution >= 4 is 5.97 Å². The van der Waals surface area contributed by atoms with Gasteiger partial charge >= 0.3 is 5.97 Å². The van der Waals surface area contributed by atoms with Gasteiger partial charge < -0.3 is 14.9 Å². The molecule has 1 unspecified atom stereocenters. The number of carbonyl (C=O) groups is 1. The van der Waals surface area contributed by atoms with Crippen molar-refractivity contribution in [1.82, 2.24) is 0 Å². The van der Waals surface area contributed by atoms with Gasteiger partial charge in [-0.3, -0.25) is 4.79 Å². The fraction of sp³-hybridized carbons (Fsp3) is 0.300. The highest BCUT2D eigenvalue weighted by molar-refractivity contribution is 5.77. The van der Waals surface area contributed by atoms with Gasteiger partial charge in [0.1, 0.15) is 11.5 Å². The maximum absolute atomic E-state index is 11.1. The number of hydrogen-bond acceptors (Lipinski definition) is 4. The van der Waals surface area contributed by atoms with Crippen LogP contribution in [-0.2, 0) is 9.53 Å². The molecule has 4 heteroatoms. The molecule has 0 aromatic heterocycles. The van der Waals surface area contributed by atoms with E-state index in [-0.39, 0.29) is 11.5 Å². The molecule has 0 spiro atoms. The smallest absolute Gasteiger partial charge is 0.312 e. The van der Waals surface area contributed by atoms with Crippen molar-refractivity contribution in [3.63, 3.8) is 0 Å². The normalized spacial score (nSPS) is 12.1. The Balaban J connectivity index is 3.00. The van der Waals surface area contributed by atoms with Crippen LogP contribution in [-0.4, -0.2) is 23.3 Å². The van der Waals surface area contributed by atoms with Crippen molar-refractivity contribution in [2.75, 3.05) is 7.11 Å². The van der Waals surface area contributed by atoms with Gasteiger partial charge in [0, 0.05) is 6.07 Å². The number of aromatic hydroxyl groups is 2. The molecule has 0 aliphatic rings. The Morgan fingerprint density at radius 2 is 1.79 bits per heavy atom. The molecular weight excluding hydrogens is 184 g/mol. The number of ether oxygens (including phenoxy) is 1. The summed E-state index contributed by atoms with van der Waals surface area (Å²) in [5.41, 5.74) is 0.523. The average Bonchev–Trinajstić information content (AvgIpc) is 2.14. The third kappa shape index (κ3) is 2.16. The molecule has 0 saturated heterocycles. The lowest BCUT2D eigenvalue weighted by atomic mass is 10.0. The van der Waals surface area contributed by atoms with Crippen LogP contribution < -0.4 is 0 Å². The van der Waals surface area contributed by atoms with Gasteiger partial charge in [-0.2, -0.15) is 0 Å². The summed E-state index contributed by atoms with van der Waals surface area (Å²) in [5.74, 6) is -1.06. The van der Waals surface area contributed by atoms with Crippen LogP contribution in [0.15, 0.2) is 18.2 Å². The summed E-state index contributed by atoms with van der Waals surface area (Å²) >= 11 is 0. The van der Waals surface area contributed by atoms with Gasteiger partial charge in [0.2, 0.25) is 0 Å². The van der Waals surface area contributed by atoms with Crippen LogP contribution in [0.2, 0.25) is 0 Å². The number of rotatable bonds is 2. The fourth-order valence-corrected chi connectivity index (χ4v) is 1.18. The molecule has 0 amide bonds. The highest BCUT2D eigenvalue weighted by Gasteiger charge is 2.16. The van der Waals surface area contributed by atoms with E-state index in [0.29, 0.717) is 5.56 Å². The topological polar surface area (TPSA) is 66.8 Å². The third-order valence-corrected chi connectivity index (χ3v) is 1.98. The van der Waals surface area contributed by atoms with Gasteiger partial charge in [0.25, 0.3) is 0 Å². The molecule has 1 atom stereocenters. The minimum atomic E-state index is -0.502. The molecule has 1 rings (SSSR count). The Kier molecular flexibility index (Phi) is 2.96. The van der Waals surface area contributed by atoms with Crippen LogP contribution in [0.25, 0.3) is 0 Å². The first-order valence-electron chi connectivity index (χ1n) is 4.15. The molecule has 0 fully saturated rings. The van der Waals surface area contributed by atoms with Crippen molar-refractivity contribution < 1.29 is 19.7 Å². The van der Waals surface area contributed by atoms with Gasteiger partial charge in [-0.15, -0.1) is 0 Å². The van der Waals surface area contributed by atoms with Gasteiger partial charge in [-0.1, -0.05) is 0 Å². The van der Waals surface area contributed by atoms with Gasteiger partial charge in [-0.05, 0) is 24.6 Å². The molecule has 2 N–H and O–H groups in total. The van der Waals surface area contributed by atoms with Crippen molar-refractivity contribution in [2.45, 2.75) is 12.8 Å². The lowest BCUT2D eigenvalue weighted by molar-refractivity contribution is -0.141. The van der Waals surface area contributed by atoms with Crippen LogP contribution in [0.1, 0.15) is 18.4 Å². The highest BCUT2D eigenvalue weighted by Crippen LogP contribution is 2.26. The number of methoxy groups -OCH3 is 1. The van der Waals surface area contributed by atoms with E-state index in [1.54, 1.807) is 6.92 Å². The SMILES string of the molecule is COC(=O)C(C)c1cc(O)cc(O)c1. The summed E-state index contributed by atoms with van der Waals surface area (Å²) in [6.45, 7) is 1.64. The molecule has 0 aliphatic carbocycles. The first-order chi connectivity index (χ1) is 6.54. The van der Waals surface area contributed by atoms with E-state index >= 15 is 0 Å². The first kappa shape index (κ1) is 10.4. The van der Waals surface area contributed by atoms with Gasteiger partial charge in [-0.25, -0.2) is 0 Å². The second-order valence-electron chi connectivity index (χ2n) is 3.03. The zero-order valence-electron chi connectivity index (χ0n) is 8.02. The molecule has 0 saturated carbocycles. The van der Waals surface area contributed by atoms with Crippen LogP contribution in [0, 0.1) is 0 Å². The largest absolute Gasteiger partial charge is 0.508 e. The van der Waals surface area contributed by atoms with E-state index < -0.39 is 11.9 Å². The highest BCUT2D eigenvalue weighted by atomic mass is 16.5. The predicted octanol–water partition coefficient (Wildman–Crippen LogP) is 1.37. The minimum absolute atomic E-state index is 0.0734. The first-order valence-corrected chi connectivity index (χ1v) is 4.15. The van der Waals surface area contributed by atoms with Crippen molar-refractivity contribution in [3.8, 4) is 11.5 Å². The van der Waals surface area contributed by atoms with Crippen molar-refractivity contribution in [2.24, 2.45) is 0 Å². The maximum atomic E-state index is 11.1. The van der Waals surface area contributed by atoms with E-state index in [4.69, 9.17) is 0 Å². The number of benzene rings is 1. The summed E-state index contributed by atoms with van der Waals surface area (Å²) in [7, 11) is 1.29. The zero-order chi connectivity index (χ0) is 10.7. The van der Waals surface area contributed by atoms with E-state index in [9.17, 15) is 15.0 Å². The molecule has 0 bridgehead atoms. The fourth-order valence-electron chi connectivity index (χ4n) is 1.18. The molecule has 14 heavy (non-hydrogen) atoms. The summed E-state index contributed by atoms with van der Waals surface area (Å²) in [4.78, 5) is 11.1. The molecule has 76 valence electrons. The number of phenols is 2. The molecule has 1 aromatic carbocycles. The minimum Gasteiger partial charge on any atom is -0.508 e. The summed E-state index contributed by atoms with van der Waals surface area (Å²) in [6, 6.07) is 4.04. The number of phenolic OH excluding ortho intramolecular Hbond substituents is 2. The van der Waals surface area contributed by atoms with Crippen molar-refractivity contribution in [1.29, 1.82) is 0 Å². The van der Waals surface area contributed by atoms with Gasteiger partial charge in [0.05, 0.1) is 13.0 Å². The monoisotopic (exact) mass is 196 g/mol. The summed E-state index contributed by atoms with van der Waals surface area (Å²) in [5, 5.41) is 18.4. The number of esters is 1. The van der Waals surface area contributed by atoms with Gasteiger partial charge in [0.15, 0.2) is 0 Å². The second-order valence-corrected chi connectivity index (χ2v) is 3.03. The summed E-state index contributed by atoms with van der Waals surface area (Å²) < 4.78 is 4.54. The Morgan fingerprint density at radius 3 is 2.21 bits per heavy atom. The Morgan fingerprint density at radius 1 is 1.29 bits per heavy atom. The number of carbonyl (C=O) groups excluding carboxylic acids is 1. The van der Waals surface area contributed by atoms with Crippen molar-refractivity contribution in [3.05, 3.63) is 23.8 Å². The van der Waals surface area contributed by atoms with E-state index in [0.717, 1.165) is 0 Å². The Hall–Kier alpha value is -1.71. The zero-order valence-corrected chi connectivity index (χ0v) is 8.02. The van der Waals surface area contributed by atoms with E-state index in [1.165, 1.54) is 25.3 Å². The predicted molar refractivity (Wildman–Crippen MR) is 50.2 cm³/mol. The van der Waals surface area contributed by atoms with Crippen LogP contribution >= 0.6 is 0 Å². The quantitative estimate of drug-likeness (QED) is 0.701. The third-order valence-electron chi connectivity index (χ3n) is 1.98. The lowest BCUT2D eigenvalue weighted by Crippen LogP contribution is -2.10. The van der Waals surface area contributed by atoms with Crippen LogP contribution in [0.3, 0.4) is 0 Å². The van der Waals surface area contributed by atoms with E-state index in [2.05, 4.69) is 4.74 Å². The number of hydrogen-bond donors (Lipinski definition) is 2.